The summed E-state index contributed by atoms with van der Waals surface area (Å²) >= 11 is 0. The molecule has 0 bridgehead atoms. The summed E-state index contributed by atoms with van der Waals surface area (Å²) in [5.41, 5.74) is 2.02. The van der Waals surface area contributed by atoms with E-state index in [-0.39, 0.29) is 18.4 Å². The van der Waals surface area contributed by atoms with Crippen molar-refractivity contribution in [1.29, 1.82) is 0 Å². The van der Waals surface area contributed by atoms with Crippen LogP contribution in [0.1, 0.15) is 58.0 Å². The third-order valence-corrected chi connectivity index (χ3v) is 4.95. The highest BCUT2D eigenvalue weighted by atomic mass is 16.5. The van der Waals surface area contributed by atoms with Gasteiger partial charge in [0.15, 0.2) is 5.82 Å². The molecule has 1 saturated carbocycles. The molecule has 30 heavy (non-hydrogen) atoms. The third kappa shape index (κ3) is 4.46. The number of aromatic nitrogens is 2. The molecule has 1 aromatic heterocycles. The molecule has 0 aliphatic heterocycles. The van der Waals surface area contributed by atoms with Crippen LogP contribution in [0.3, 0.4) is 0 Å². The summed E-state index contributed by atoms with van der Waals surface area (Å²) in [5, 5.41) is 9.86. The molecule has 0 radical (unpaired) electrons. The number of carbonyl (C=O) groups excluding carboxylic acids is 2. The van der Waals surface area contributed by atoms with Crippen LogP contribution in [-0.4, -0.2) is 22.0 Å². The van der Waals surface area contributed by atoms with E-state index in [0.29, 0.717) is 28.8 Å². The van der Waals surface area contributed by atoms with Crippen molar-refractivity contribution in [2.75, 3.05) is 0 Å². The summed E-state index contributed by atoms with van der Waals surface area (Å²) in [5.74, 6) is 0.783. The molecule has 1 heterocycles. The Balaban J connectivity index is 1.59. The molecule has 1 atom stereocenters. The lowest BCUT2D eigenvalue weighted by molar-refractivity contribution is -0.116. The molecule has 1 aliphatic carbocycles. The first kappa shape index (κ1) is 19.6. The average Bonchev–Trinajstić information content (AvgIpc) is 3.53. The van der Waals surface area contributed by atoms with E-state index < -0.39 is 6.04 Å². The normalized spacial score (nSPS) is 14.0. The van der Waals surface area contributed by atoms with Crippen molar-refractivity contribution in [1.82, 2.24) is 20.8 Å². The summed E-state index contributed by atoms with van der Waals surface area (Å²) in [4.78, 5) is 29.2. The molecule has 7 nitrogen and oxygen atoms in total. The first-order valence-electron chi connectivity index (χ1n) is 9.83. The van der Waals surface area contributed by atoms with Crippen LogP contribution in [0.15, 0.2) is 71.8 Å². The Hall–Kier alpha value is -3.74. The van der Waals surface area contributed by atoms with Crippen molar-refractivity contribution in [3.8, 4) is 0 Å². The zero-order valence-corrected chi connectivity index (χ0v) is 16.4. The molecule has 0 spiro atoms. The minimum atomic E-state index is -0.550. The van der Waals surface area contributed by atoms with Crippen LogP contribution in [0, 0.1) is 0 Å². The SMILES string of the molecule is C=CC(=O)NCc1ccccc1C(=O)NC(c1ccccc1)c1noc(C2CC2)n1. The number of hydrogen-bond acceptors (Lipinski definition) is 5. The number of benzene rings is 2. The highest BCUT2D eigenvalue weighted by Crippen LogP contribution is 2.39. The van der Waals surface area contributed by atoms with Gasteiger partial charge in [-0.25, -0.2) is 0 Å². The summed E-state index contributed by atoms with van der Waals surface area (Å²) in [7, 11) is 0. The van der Waals surface area contributed by atoms with Crippen LogP contribution in [-0.2, 0) is 11.3 Å². The van der Waals surface area contributed by atoms with Gasteiger partial charge in [0.05, 0.1) is 0 Å². The third-order valence-electron chi connectivity index (χ3n) is 4.95. The molecule has 0 saturated heterocycles. The van der Waals surface area contributed by atoms with Gasteiger partial charge < -0.3 is 15.2 Å². The van der Waals surface area contributed by atoms with Crippen molar-refractivity contribution < 1.29 is 14.1 Å². The minimum absolute atomic E-state index is 0.221. The van der Waals surface area contributed by atoms with Gasteiger partial charge in [-0.3, -0.25) is 9.59 Å². The highest BCUT2D eigenvalue weighted by Gasteiger charge is 2.32. The lowest BCUT2D eigenvalue weighted by atomic mass is 10.0. The van der Waals surface area contributed by atoms with Gasteiger partial charge in [0.2, 0.25) is 11.8 Å². The van der Waals surface area contributed by atoms with Crippen molar-refractivity contribution in [2.24, 2.45) is 0 Å². The number of amides is 2. The molecular formula is C23H22N4O3. The first-order valence-corrected chi connectivity index (χ1v) is 9.83. The molecule has 7 heteroatoms. The van der Waals surface area contributed by atoms with E-state index in [9.17, 15) is 9.59 Å². The predicted octanol–water partition coefficient (Wildman–Crippen LogP) is 3.27. The van der Waals surface area contributed by atoms with Crippen molar-refractivity contribution in [2.45, 2.75) is 31.3 Å². The second-order valence-corrected chi connectivity index (χ2v) is 7.16. The quantitative estimate of drug-likeness (QED) is 0.564. The van der Waals surface area contributed by atoms with Crippen LogP contribution in [0.2, 0.25) is 0 Å². The van der Waals surface area contributed by atoms with Gasteiger partial charge in [0.25, 0.3) is 5.91 Å². The molecular weight excluding hydrogens is 380 g/mol. The fourth-order valence-electron chi connectivity index (χ4n) is 3.16. The lowest BCUT2D eigenvalue weighted by Crippen LogP contribution is -2.31. The summed E-state index contributed by atoms with van der Waals surface area (Å²) in [6.07, 6.45) is 3.30. The summed E-state index contributed by atoms with van der Waals surface area (Å²) < 4.78 is 5.41. The average molecular weight is 402 g/mol. The van der Waals surface area contributed by atoms with Crippen LogP contribution >= 0.6 is 0 Å². The van der Waals surface area contributed by atoms with E-state index in [1.165, 1.54) is 6.08 Å². The van der Waals surface area contributed by atoms with E-state index in [1.54, 1.807) is 18.2 Å². The number of carbonyl (C=O) groups is 2. The fourth-order valence-corrected chi connectivity index (χ4v) is 3.16. The maximum absolute atomic E-state index is 13.2. The summed E-state index contributed by atoms with van der Waals surface area (Å²) in [6.45, 7) is 3.66. The zero-order valence-electron chi connectivity index (χ0n) is 16.4. The topological polar surface area (TPSA) is 97.1 Å². The largest absolute Gasteiger partial charge is 0.348 e. The van der Waals surface area contributed by atoms with Crippen LogP contribution in [0.4, 0.5) is 0 Å². The maximum atomic E-state index is 13.2. The Morgan fingerprint density at radius 2 is 1.87 bits per heavy atom. The Kier molecular flexibility index (Phi) is 5.70. The second kappa shape index (κ2) is 8.73. The fraction of sp³-hybridized carbons (Fsp3) is 0.217. The van der Waals surface area contributed by atoms with Crippen molar-refractivity contribution in [3.05, 3.63) is 95.7 Å². The second-order valence-electron chi connectivity index (χ2n) is 7.16. The molecule has 2 amide bonds. The van der Waals surface area contributed by atoms with Gasteiger partial charge in [-0.05, 0) is 36.1 Å². The zero-order chi connectivity index (χ0) is 20.9. The summed E-state index contributed by atoms with van der Waals surface area (Å²) in [6, 6.07) is 16.1. The van der Waals surface area contributed by atoms with E-state index in [0.717, 1.165) is 18.4 Å². The maximum Gasteiger partial charge on any atom is 0.252 e. The van der Waals surface area contributed by atoms with Gasteiger partial charge >= 0.3 is 0 Å². The van der Waals surface area contributed by atoms with Crippen LogP contribution < -0.4 is 10.6 Å². The van der Waals surface area contributed by atoms with Gasteiger partial charge in [-0.1, -0.05) is 60.3 Å². The molecule has 1 unspecified atom stereocenters. The van der Waals surface area contributed by atoms with E-state index in [1.807, 2.05) is 36.4 Å². The Morgan fingerprint density at radius 1 is 1.13 bits per heavy atom. The van der Waals surface area contributed by atoms with Crippen LogP contribution in [0.5, 0.6) is 0 Å². The van der Waals surface area contributed by atoms with Crippen LogP contribution in [0.25, 0.3) is 0 Å². The lowest BCUT2D eigenvalue weighted by Gasteiger charge is -2.17. The highest BCUT2D eigenvalue weighted by molar-refractivity contribution is 5.96. The molecule has 4 rings (SSSR count). The Morgan fingerprint density at radius 3 is 2.60 bits per heavy atom. The van der Waals surface area contributed by atoms with Gasteiger partial charge in [0.1, 0.15) is 6.04 Å². The Labute approximate surface area is 174 Å². The monoisotopic (exact) mass is 402 g/mol. The van der Waals surface area contributed by atoms with E-state index in [4.69, 9.17) is 4.52 Å². The first-order chi connectivity index (χ1) is 14.7. The van der Waals surface area contributed by atoms with Gasteiger partial charge in [-0.15, -0.1) is 0 Å². The standard InChI is InChI=1S/C23H22N4O3/c1-2-19(28)24-14-17-10-6-7-11-18(17)22(29)25-20(15-8-4-3-5-9-15)21-26-23(30-27-21)16-12-13-16/h2-11,16,20H,1,12-14H2,(H,24,28)(H,25,29). The number of hydrogen-bond donors (Lipinski definition) is 2. The minimum Gasteiger partial charge on any atom is -0.348 e. The molecule has 152 valence electrons. The number of nitrogens with zero attached hydrogens (tertiary/aromatic N) is 2. The van der Waals surface area contributed by atoms with Crippen molar-refractivity contribution >= 4 is 11.8 Å². The van der Waals surface area contributed by atoms with E-state index in [2.05, 4.69) is 27.4 Å². The number of rotatable bonds is 8. The van der Waals surface area contributed by atoms with Crippen molar-refractivity contribution in [3.63, 3.8) is 0 Å². The van der Waals surface area contributed by atoms with Gasteiger partial charge in [-0.2, -0.15) is 4.98 Å². The molecule has 1 aliphatic rings. The smallest absolute Gasteiger partial charge is 0.252 e. The molecule has 1 fully saturated rings. The molecule has 3 aromatic rings. The Bertz CT molecular complexity index is 1060. The van der Waals surface area contributed by atoms with E-state index >= 15 is 0 Å². The molecule has 2 aromatic carbocycles. The predicted molar refractivity (Wildman–Crippen MR) is 111 cm³/mol. The van der Waals surface area contributed by atoms with Gasteiger partial charge in [0, 0.05) is 18.0 Å². The number of nitrogens with one attached hydrogen (secondary N) is 2. The molecule has 2 N–H and O–H groups in total.